The highest BCUT2D eigenvalue weighted by Gasteiger charge is 2.20. The minimum Gasteiger partial charge on any atom is -0.279 e. The van der Waals surface area contributed by atoms with Crippen molar-refractivity contribution in [3.63, 3.8) is 0 Å². The van der Waals surface area contributed by atoms with Crippen molar-refractivity contribution in [1.29, 1.82) is 0 Å². The van der Waals surface area contributed by atoms with Crippen LogP contribution in [0.2, 0.25) is 0 Å². The summed E-state index contributed by atoms with van der Waals surface area (Å²) in [6.07, 6.45) is 2.54. The molecule has 1 atom stereocenters. The maximum atomic E-state index is 12.9. The number of fused-ring (bicyclic) bond motifs is 1. The van der Waals surface area contributed by atoms with E-state index in [0.29, 0.717) is 11.2 Å². The normalized spacial score (nSPS) is 12.9. The summed E-state index contributed by atoms with van der Waals surface area (Å²) in [5.41, 5.74) is 2.10. The van der Waals surface area contributed by atoms with E-state index in [1.165, 1.54) is 0 Å². The number of anilines is 1. The molecule has 1 aromatic heterocycles. The van der Waals surface area contributed by atoms with Crippen LogP contribution < -0.4 is 4.72 Å². The Hall–Kier alpha value is -2.40. The maximum Gasteiger partial charge on any atom is 0.264 e. The minimum atomic E-state index is -3.72. The van der Waals surface area contributed by atoms with Crippen LogP contribution in [0.4, 0.5) is 5.69 Å². The third-order valence-electron chi connectivity index (χ3n) is 4.23. The zero-order valence-electron chi connectivity index (χ0n) is 13.7. The number of hydrogen-bond acceptors (Lipinski definition) is 3. The van der Waals surface area contributed by atoms with Gasteiger partial charge < -0.3 is 0 Å². The monoisotopic (exact) mass is 340 g/mol. The molecule has 0 saturated heterocycles. The van der Waals surface area contributed by atoms with E-state index >= 15 is 0 Å². The third kappa shape index (κ3) is 3.12. The number of hydrogen-bond donors (Lipinski definition) is 1. The van der Waals surface area contributed by atoms with Crippen LogP contribution in [0.5, 0.6) is 0 Å². The fourth-order valence-electron chi connectivity index (χ4n) is 2.73. The smallest absolute Gasteiger partial charge is 0.264 e. The Kier molecular flexibility index (Phi) is 4.53. The lowest BCUT2D eigenvalue weighted by Gasteiger charge is -2.17. The van der Waals surface area contributed by atoms with Gasteiger partial charge >= 0.3 is 0 Å². The predicted octanol–water partition coefficient (Wildman–Crippen LogP) is 4.55. The van der Waals surface area contributed by atoms with Crippen LogP contribution in [0.25, 0.3) is 10.9 Å². The number of sulfonamides is 1. The number of pyridine rings is 1. The number of nitrogens with zero attached hydrogens (tertiary/aromatic N) is 1. The highest BCUT2D eigenvalue weighted by molar-refractivity contribution is 7.93. The summed E-state index contributed by atoms with van der Waals surface area (Å²) in [7, 11) is -3.72. The van der Waals surface area contributed by atoms with Gasteiger partial charge in [0.1, 0.15) is 4.90 Å². The van der Waals surface area contributed by atoms with Crippen LogP contribution in [0, 0.1) is 0 Å². The topological polar surface area (TPSA) is 59.1 Å². The van der Waals surface area contributed by atoms with Crippen molar-refractivity contribution in [3.05, 3.63) is 66.4 Å². The van der Waals surface area contributed by atoms with E-state index in [2.05, 4.69) is 23.6 Å². The van der Waals surface area contributed by atoms with Crippen LogP contribution >= 0.6 is 0 Å². The summed E-state index contributed by atoms with van der Waals surface area (Å²) in [6.45, 7) is 4.18. The van der Waals surface area contributed by atoms with Gasteiger partial charge in [-0.1, -0.05) is 50.2 Å². The molecule has 1 unspecified atom stereocenters. The Morgan fingerprint density at radius 3 is 2.58 bits per heavy atom. The molecule has 3 aromatic rings. The SMILES string of the molecule is CCC(C)c1ccccc1NS(=O)(=O)c1cccc2cccnc12. The Bertz CT molecular complexity index is 963. The lowest BCUT2D eigenvalue weighted by Crippen LogP contribution is -2.15. The molecule has 0 aliphatic carbocycles. The van der Waals surface area contributed by atoms with Gasteiger partial charge in [0.15, 0.2) is 0 Å². The molecule has 5 heteroatoms. The molecule has 24 heavy (non-hydrogen) atoms. The lowest BCUT2D eigenvalue weighted by molar-refractivity contribution is 0.601. The van der Waals surface area contributed by atoms with Crippen LogP contribution in [-0.2, 0) is 10.0 Å². The van der Waals surface area contributed by atoms with Crippen molar-refractivity contribution in [2.75, 3.05) is 4.72 Å². The second-order valence-electron chi connectivity index (χ2n) is 5.83. The molecule has 0 bridgehead atoms. The molecule has 0 saturated carbocycles. The molecule has 0 radical (unpaired) electrons. The second kappa shape index (κ2) is 6.61. The van der Waals surface area contributed by atoms with Crippen molar-refractivity contribution in [2.24, 2.45) is 0 Å². The number of aromatic nitrogens is 1. The van der Waals surface area contributed by atoms with Crippen molar-refractivity contribution in [3.8, 4) is 0 Å². The second-order valence-corrected chi connectivity index (χ2v) is 7.48. The van der Waals surface area contributed by atoms with E-state index in [1.807, 2.05) is 30.3 Å². The number of para-hydroxylation sites is 2. The Balaban J connectivity index is 2.07. The molecule has 0 aliphatic heterocycles. The van der Waals surface area contributed by atoms with Crippen LogP contribution in [-0.4, -0.2) is 13.4 Å². The Morgan fingerprint density at radius 2 is 1.79 bits per heavy atom. The first-order valence-corrected chi connectivity index (χ1v) is 9.46. The van der Waals surface area contributed by atoms with Crippen LogP contribution in [0.15, 0.2) is 65.7 Å². The average molecular weight is 340 g/mol. The van der Waals surface area contributed by atoms with Gasteiger partial charge in [-0.3, -0.25) is 9.71 Å². The van der Waals surface area contributed by atoms with E-state index in [4.69, 9.17) is 0 Å². The van der Waals surface area contributed by atoms with Gasteiger partial charge in [-0.05, 0) is 36.1 Å². The third-order valence-corrected chi connectivity index (χ3v) is 5.63. The number of benzene rings is 2. The highest BCUT2D eigenvalue weighted by Crippen LogP contribution is 2.29. The largest absolute Gasteiger partial charge is 0.279 e. The average Bonchev–Trinajstić information content (AvgIpc) is 2.60. The van der Waals surface area contributed by atoms with Gasteiger partial charge in [-0.25, -0.2) is 8.42 Å². The molecule has 1 heterocycles. The summed E-state index contributed by atoms with van der Waals surface area (Å²) in [5, 5.41) is 0.801. The van der Waals surface area contributed by atoms with Gasteiger partial charge in [0.25, 0.3) is 10.0 Å². The zero-order chi connectivity index (χ0) is 17.2. The summed E-state index contributed by atoms with van der Waals surface area (Å²) < 4.78 is 28.6. The minimum absolute atomic E-state index is 0.194. The van der Waals surface area contributed by atoms with Gasteiger partial charge in [0.05, 0.1) is 11.2 Å². The lowest BCUT2D eigenvalue weighted by atomic mass is 9.97. The van der Waals surface area contributed by atoms with E-state index in [1.54, 1.807) is 30.5 Å². The standard InChI is InChI=1S/C19H20N2O2S/c1-3-14(2)16-10-4-5-11-17(16)21-24(22,23)18-12-6-8-15-9-7-13-20-19(15)18/h4-14,21H,3H2,1-2H3. The first-order valence-electron chi connectivity index (χ1n) is 7.98. The molecule has 124 valence electrons. The first kappa shape index (κ1) is 16.5. The quantitative estimate of drug-likeness (QED) is 0.741. The Labute approximate surface area is 142 Å². The molecule has 0 aliphatic rings. The summed E-state index contributed by atoms with van der Waals surface area (Å²) >= 11 is 0. The van der Waals surface area contributed by atoms with Gasteiger partial charge in [-0.15, -0.1) is 0 Å². The van der Waals surface area contributed by atoms with Crippen LogP contribution in [0.1, 0.15) is 31.7 Å². The summed E-state index contributed by atoms with van der Waals surface area (Å²) in [5.74, 6) is 0.273. The Morgan fingerprint density at radius 1 is 1.04 bits per heavy atom. The van der Waals surface area contributed by atoms with E-state index < -0.39 is 10.0 Å². The van der Waals surface area contributed by atoms with E-state index in [9.17, 15) is 8.42 Å². The van der Waals surface area contributed by atoms with Crippen LogP contribution in [0.3, 0.4) is 0 Å². The highest BCUT2D eigenvalue weighted by atomic mass is 32.2. The molecule has 2 aromatic carbocycles. The molecule has 0 amide bonds. The van der Waals surface area contributed by atoms with Gasteiger partial charge in [-0.2, -0.15) is 0 Å². The molecular formula is C19H20N2O2S. The van der Waals surface area contributed by atoms with Crippen molar-refractivity contribution in [2.45, 2.75) is 31.1 Å². The predicted molar refractivity (Wildman–Crippen MR) is 97.7 cm³/mol. The molecule has 3 rings (SSSR count). The fraction of sp³-hybridized carbons (Fsp3) is 0.211. The van der Waals surface area contributed by atoms with E-state index in [0.717, 1.165) is 17.4 Å². The molecule has 0 spiro atoms. The zero-order valence-corrected chi connectivity index (χ0v) is 14.5. The maximum absolute atomic E-state index is 12.9. The molecule has 4 nitrogen and oxygen atoms in total. The fourth-order valence-corrected chi connectivity index (χ4v) is 4.00. The van der Waals surface area contributed by atoms with Crippen molar-refractivity contribution < 1.29 is 8.42 Å². The summed E-state index contributed by atoms with van der Waals surface area (Å²) in [6, 6.07) is 16.4. The van der Waals surface area contributed by atoms with Gasteiger partial charge in [0.2, 0.25) is 0 Å². The van der Waals surface area contributed by atoms with Gasteiger partial charge in [0, 0.05) is 11.6 Å². The molecule has 0 fully saturated rings. The van der Waals surface area contributed by atoms with E-state index in [-0.39, 0.29) is 10.8 Å². The number of nitrogens with one attached hydrogen (secondary N) is 1. The molecular weight excluding hydrogens is 320 g/mol. The first-order chi connectivity index (χ1) is 11.5. The number of rotatable bonds is 5. The molecule has 1 N–H and O–H groups in total. The van der Waals surface area contributed by atoms with Crippen molar-refractivity contribution >= 4 is 26.6 Å². The summed E-state index contributed by atoms with van der Waals surface area (Å²) in [4.78, 5) is 4.44. The van der Waals surface area contributed by atoms with Crippen molar-refractivity contribution in [1.82, 2.24) is 4.98 Å².